The van der Waals surface area contributed by atoms with Gasteiger partial charge in [-0.3, -0.25) is 4.79 Å². The molecule has 2 aromatic rings. The van der Waals surface area contributed by atoms with Gasteiger partial charge in [0, 0.05) is 0 Å². The molecule has 0 radical (unpaired) electrons. The van der Waals surface area contributed by atoms with E-state index in [0.29, 0.717) is 11.4 Å². The average Bonchev–Trinajstić information content (AvgIpc) is 2.35. The molecular weight excluding hydrogens is 245 g/mol. The first kappa shape index (κ1) is 12.9. The Morgan fingerprint density at radius 3 is 2.68 bits per heavy atom. The number of carbonyl (C=O) groups is 1. The van der Waals surface area contributed by atoms with Crippen LogP contribution in [0.3, 0.4) is 0 Å². The number of primary amides is 1. The van der Waals surface area contributed by atoms with E-state index in [0.717, 1.165) is 5.56 Å². The van der Waals surface area contributed by atoms with Crippen molar-refractivity contribution >= 4 is 23.0 Å². The summed E-state index contributed by atoms with van der Waals surface area (Å²) in [4.78, 5) is 11.3. The molecule has 2 aromatic carbocycles. The molecule has 0 aliphatic heterocycles. The summed E-state index contributed by atoms with van der Waals surface area (Å²) in [5, 5.41) is 2.83. The van der Waals surface area contributed by atoms with E-state index in [1.807, 2.05) is 6.92 Å². The molecule has 0 saturated heterocycles. The van der Waals surface area contributed by atoms with Crippen LogP contribution in [-0.4, -0.2) is 5.91 Å². The van der Waals surface area contributed by atoms with Gasteiger partial charge in [-0.25, -0.2) is 4.39 Å². The summed E-state index contributed by atoms with van der Waals surface area (Å²) >= 11 is 0. The molecule has 0 heterocycles. The van der Waals surface area contributed by atoms with Crippen LogP contribution in [-0.2, 0) is 0 Å². The van der Waals surface area contributed by atoms with Gasteiger partial charge in [-0.1, -0.05) is 12.1 Å². The molecule has 0 aliphatic rings. The zero-order valence-electron chi connectivity index (χ0n) is 10.4. The molecule has 0 unspecified atom stereocenters. The van der Waals surface area contributed by atoms with E-state index in [9.17, 15) is 9.18 Å². The lowest BCUT2D eigenvalue weighted by Crippen LogP contribution is -2.14. The minimum atomic E-state index is -0.622. The van der Waals surface area contributed by atoms with Crippen LogP contribution >= 0.6 is 0 Å². The molecule has 0 saturated carbocycles. The van der Waals surface area contributed by atoms with Gasteiger partial charge in [-0.2, -0.15) is 0 Å². The predicted molar refractivity (Wildman–Crippen MR) is 73.8 cm³/mol. The molecule has 0 spiro atoms. The highest BCUT2D eigenvalue weighted by molar-refractivity contribution is 6.02. The summed E-state index contributed by atoms with van der Waals surface area (Å²) in [6.45, 7) is 1.84. The van der Waals surface area contributed by atoms with Crippen LogP contribution in [0.4, 0.5) is 21.5 Å². The Morgan fingerprint density at radius 1 is 1.26 bits per heavy atom. The number of anilines is 3. The molecule has 5 N–H and O–H groups in total. The van der Waals surface area contributed by atoms with E-state index in [1.54, 1.807) is 24.3 Å². The first-order valence-corrected chi connectivity index (χ1v) is 5.70. The Balaban J connectivity index is 2.49. The van der Waals surface area contributed by atoms with Crippen LogP contribution in [0, 0.1) is 12.7 Å². The number of hydrogen-bond donors (Lipinski definition) is 3. The van der Waals surface area contributed by atoms with Gasteiger partial charge in [-0.05, 0) is 36.8 Å². The largest absolute Gasteiger partial charge is 0.397 e. The maximum atomic E-state index is 13.7. The van der Waals surface area contributed by atoms with Gasteiger partial charge in [0.2, 0.25) is 0 Å². The minimum Gasteiger partial charge on any atom is -0.397 e. The van der Waals surface area contributed by atoms with Gasteiger partial charge in [0.15, 0.2) is 0 Å². The number of carbonyl (C=O) groups excluding carboxylic acids is 1. The fourth-order valence-corrected chi connectivity index (χ4v) is 1.78. The highest BCUT2D eigenvalue weighted by atomic mass is 19.1. The minimum absolute atomic E-state index is 0.223. The van der Waals surface area contributed by atoms with E-state index in [-0.39, 0.29) is 11.3 Å². The van der Waals surface area contributed by atoms with Gasteiger partial charge in [0.05, 0.1) is 22.6 Å². The summed E-state index contributed by atoms with van der Waals surface area (Å²) in [7, 11) is 0. The highest BCUT2D eigenvalue weighted by Crippen LogP contribution is 2.28. The SMILES string of the molecule is Cc1ccc(F)c(Nc2c(N)cccc2C(N)=O)c1. The number of nitrogen functional groups attached to an aromatic ring is 1. The van der Waals surface area contributed by atoms with E-state index >= 15 is 0 Å². The smallest absolute Gasteiger partial charge is 0.250 e. The predicted octanol–water partition coefficient (Wildman–Crippen LogP) is 2.56. The first-order chi connectivity index (χ1) is 8.99. The maximum Gasteiger partial charge on any atom is 0.250 e. The zero-order valence-corrected chi connectivity index (χ0v) is 10.4. The van der Waals surface area contributed by atoms with Gasteiger partial charge >= 0.3 is 0 Å². The van der Waals surface area contributed by atoms with Gasteiger partial charge in [0.25, 0.3) is 5.91 Å². The number of nitrogens with two attached hydrogens (primary N) is 2. The number of nitrogens with one attached hydrogen (secondary N) is 1. The van der Waals surface area contributed by atoms with E-state index in [4.69, 9.17) is 11.5 Å². The summed E-state index contributed by atoms with van der Waals surface area (Å²) in [6, 6.07) is 9.40. The molecule has 1 amide bonds. The highest BCUT2D eigenvalue weighted by Gasteiger charge is 2.12. The molecule has 98 valence electrons. The average molecular weight is 259 g/mol. The lowest BCUT2D eigenvalue weighted by atomic mass is 10.1. The van der Waals surface area contributed by atoms with Crippen molar-refractivity contribution in [2.75, 3.05) is 11.1 Å². The van der Waals surface area contributed by atoms with Crippen molar-refractivity contribution in [3.8, 4) is 0 Å². The van der Waals surface area contributed by atoms with Gasteiger partial charge in [0.1, 0.15) is 5.82 Å². The van der Waals surface area contributed by atoms with Crippen molar-refractivity contribution in [3.63, 3.8) is 0 Å². The number of halogens is 1. The Bertz CT molecular complexity index is 641. The van der Waals surface area contributed by atoms with E-state index in [1.165, 1.54) is 12.1 Å². The molecule has 4 nitrogen and oxygen atoms in total. The van der Waals surface area contributed by atoms with Crippen molar-refractivity contribution < 1.29 is 9.18 Å². The summed E-state index contributed by atoms with van der Waals surface area (Å²) in [5.74, 6) is -1.05. The molecule has 19 heavy (non-hydrogen) atoms. The van der Waals surface area contributed by atoms with Crippen LogP contribution in [0.25, 0.3) is 0 Å². The molecule has 0 bridgehead atoms. The molecule has 0 atom stereocenters. The van der Waals surface area contributed by atoms with Gasteiger partial charge < -0.3 is 16.8 Å². The molecular formula is C14H14FN3O. The van der Waals surface area contributed by atoms with Crippen LogP contribution in [0.1, 0.15) is 15.9 Å². The van der Waals surface area contributed by atoms with Crippen molar-refractivity contribution in [2.45, 2.75) is 6.92 Å². The number of hydrogen-bond acceptors (Lipinski definition) is 3. The number of para-hydroxylation sites is 1. The standard InChI is InChI=1S/C14H14FN3O/c1-8-5-6-10(15)12(7-8)18-13-9(14(17)19)3-2-4-11(13)16/h2-7,18H,16H2,1H3,(H2,17,19). The molecule has 0 fully saturated rings. The lowest BCUT2D eigenvalue weighted by Gasteiger charge is -2.13. The Kier molecular flexibility index (Phi) is 3.37. The van der Waals surface area contributed by atoms with Crippen LogP contribution in [0.2, 0.25) is 0 Å². The molecule has 5 heteroatoms. The van der Waals surface area contributed by atoms with Crippen molar-refractivity contribution in [2.24, 2.45) is 5.73 Å². The van der Waals surface area contributed by atoms with Crippen molar-refractivity contribution in [1.82, 2.24) is 0 Å². The fraction of sp³-hybridized carbons (Fsp3) is 0.0714. The first-order valence-electron chi connectivity index (χ1n) is 5.70. The van der Waals surface area contributed by atoms with E-state index in [2.05, 4.69) is 5.32 Å². The number of amides is 1. The second kappa shape index (κ2) is 4.97. The summed E-state index contributed by atoms with van der Waals surface area (Å²) in [5.41, 5.74) is 13.1. The summed E-state index contributed by atoms with van der Waals surface area (Å²) < 4.78 is 13.7. The zero-order chi connectivity index (χ0) is 14.0. The third-order valence-corrected chi connectivity index (χ3v) is 2.74. The molecule has 0 aliphatic carbocycles. The second-order valence-corrected chi connectivity index (χ2v) is 4.24. The second-order valence-electron chi connectivity index (χ2n) is 4.24. The van der Waals surface area contributed by atoms with Crippen LogP contribution < -0.4 is 16.8 Å². The lowest BCUT2D eigenvalue weighted by molar-refractivity contribution is 0.100. The fourth-order valence-electron chi connectivity index (χ4n) is 1.78. The molecule has 0 aromatic heterocycles. The van der Waals surface area contributed by atoms with Crippen LogP contribution in [0.15, 0.2) is 36.4 Å². The Hall–Kier alpha value is -2.56. The quantitative estimate of drug-likeness (QED) is 0.741. The summed E-state index contributed by atoms with van der Waals surface area (Å²) in [6.07, 6.45) is 0. The van der Waals surface area contributed by atoms with Crippen LogP contribution in [0.5, 0.6) is 0 Å². The Labute approximate surface area is 110 Å². The normalized spacial score (nSPS) is 10.2. The number of aryl methyl sites for hydroxylation is 1. The number of rotatable bonds is 3. The molecule has 2 rings (SSSR count). The number of benzene rings is 2. The van der Waals surface area contributed by atoms with Crippen molar-refractivity contribution in [3.05, 3.63) is 53.3 Å². The third-order valence-electron chi connectivity index (χ3n) is 2.74. The Morgan fingerprint density at radius 2 is 2.00 bits per heavy atom. The van der Waals surface area contributed by atoms with Gasteiger partial charge in [-0.15, -0.1) is 0 Å². The third kappa shape index (κ3) is 2.65. The topological polar surface area (TPSA) is 81.1 Å². The maximum absolute atomic E-state index is 13.7. The van der Waals surface area contributed by atoms with E-state index < -0.39 is 11.7 Å². The van der Waals surface area contributed by atoms with Crippen molar-refractivity contribution in [1.29, 1.82) is 0 Å². The monoisotopic (exact) mass is 259 g/mol.